The summed E-state index contributed by atoms with van der Waals surface area (Å²) in [5, 5.41) is 3.42. The highest BCUT2D eigenvalue weighted by Crippen LogP contribution is 2.28. The number of nitrogens with one attached hydrogen (secondary N) is 1. The molecule has 0 saturated carbocycles. The average molecular weight is 435 g/mol. The standard InChI is InChI=1S/C13H11Br3N2/c1-8(11-4-2-9(14)6-12(11)15)18-10-3-5-13(16)17-7-10/h2-8,18H,1H3. The number of hydrogen-bond acceptors (Lipinski definition) is 2. The van der Waals surface area contributed by atoms with Crippen molar-refractivity contribution in [1.29, 1.82) is 0 Å². The summed E-state index contributed by atoms with van der Waals surface area (Å²) < 4.78 is 2.99. The molecular formula is C13H11Br3N2. The van der Waals surface area contributed by atoms with Gasteiger partial charge in [-0.3, -0.25) is 0 Å². The third-order valence-corrected chi connectivity index (χ3v) is 4.19. The zero-order chi connectivity index (χ0) is 13.1. The first-order valence-corrected chi connectivity index (χ1v) is 7.77. The molecular weight excluding hydrogens is 424 g/mol. The number of aromatic nitrogens is 1. The van der Waals surface area contributed by atoms with Gasteiger partial charge in [-0.1, -0.05) is 37.9 Å². The van der Waals surface area contributed by atoms with Crippen LogP contribution in [0.4, 0.5) is 5.69 Å². The molecule has 0 radical (unpaired) electrons. The van der Waals surface area contributed by atoms with E-state index < -0.39 is 0 Å². The van der Waals surface area contributed by atoms with Gasteiger partial charge >= 0.3 is 0 Å². The second kappa shape index (κ2) is 6.17. The van der Waals surface area contributed by atoms with E-state index in [0.29, 0.717) is 0 Å². The molecule has 0 bridgehead atoms. The molecule has 1 N–H and O–H groups in total. The van der Waals surface area contributed by atoms with Crippen LogP contribution >= 0.6 is 47.8 Å². The molecule has 1 unspecified atom stereocenters. The van der Waals surface area contributed by atoms with Gasteiger partial charge in [-0.25, -0.2) is 4.98 Å². The summed E-state index contributed by atoms with van der Waals surface area (Å²) in [6.45, 7) is 2.12. The van der Waals surface area contributed by atoms with Gasteiger partial charge in [-0.05, 0) is 52.7 Å². The van der Waals surface area contributed by atoms with E-state index >= 15 is 0 Å². The molecule has 0 aliphatic carbocycles. The van der Waals surface area contributed by atoms with Crippen LogP contribution in [0.5, 0.6) is 0 Å². The van der Waals surface area contributed by atoms with Crippen LogP contribution in [0.25, 0.3) is 0 Å². The Morgan fingerprint density at radius 3 is 2.50 bits per heavy atom. The Bertz CT molecular complexity index is 540. The van der Waals surface area contributed by atoms with E-state index in [4.69, 9.17) is 0 Å². The maximum atomic E-state index is 4.20. The smallest absolute Gasteiger partial charge is 0.106 e. The monoisotopic (exact) mass is 432 g/mol. The molecule has 2 rings (SSSR count). The number of nitrogens with zero attached hydrogens (tertiary/aromatic N) is 1. The number of benzene rings is 1. The summed E-state index contributed by atoms with van der Waals surface area (Å²) in [5.41, 5.74) is 2.21. The molecule has 94 valence electrons. The van der Waals surface area contributed by atoms with E-state index in [1.54, 1.807) is 0 Å². The number of halogens is 3. The van der Waals surface area contributed by atoms with E-state index in [-0.39, 0.29) is 6.04 Å². The van der Waals surface area contributed by atoms with Crippen LogP contribution in [-0.2, 0) is 0 Å². The Labute approximate surface area is 132 Å². The lowest BCUT2D eigenvalue weighted by Gasteiger charge is -2.17. The molecule has 1 aromatic carbocycles. The molecule has 0 amide bonds. The van der Waals surface area contributed by atoms with E-state index in [1.165, 1.54) is 5.56 Å². The second-order valence-corrected chi connectivity index (χ2v) is 6.48. The number of rotatable bonds is 3. The normalized spacial score (nSPS) is 12.2. The predicted octanol–water partition coefficient (Wildman–Crippen LogP) is 5.54. The molecule has 0 fully saturated rings. The Kier molecular flexibility index (Phi) is 4.81. The second-order valence-electron chi connectivity index (χ2n) is 3.90. The van der Waals surface area contributed by atoms with Crippen molar-refractivity contribution in [2.24, 2.45) is 0 Å². The topological polar surface area (TPSA) is 24.9 Å². The van der Waals surface area contributed by atoms with E-state index in [1.807, 2.05) is 30.5 Å². The molecule has 0 aliphatic rings. The Morgan fingerprint density at radius 2 is 1.89 bits per heavy atom. The number of hydrogen-bond donors (Lipinski definition) is 1. The highest BCUT2D eigenvalue weighted by molar-refractivity contribution is 9.11. The third kappa shape index (κ3) is 3.56. The average Bonchev–Trinajstić information content (AvgIpc) is 2.32. The first-order chi connectivity index (χ1) is 8.56. The Hall–Kier alpha value is -0.390. The fourth-order valence-electron chi connectivity index (χ4n) is 1.64. The summed E-state index contributed by atoms with van der Waals surface area (Å²) >= 11 is 10.4. The zero-order valence-electron chi connectivity index (χ0n) is 9.62. The highest BCUT2D eigenvalue weighted by atomic mass is 79.9. The highest BCUT2D eigenvalue weighted by Gasteiger charge is 2.09. The van der Waals surface area contributed by atoms with Gasteiger partial charge in [0.2, 0.25) is 0 Å². The quantitative estimate of drug-likeness (QED) is 0.641. The van der Waals surface area contributed by atoms with Gasteiger partial charge in [0.15, 0.2) is 0 Å². The molecule has 5 heteroatoms. The molecule has 0 aliphatic heterocycles. The number of pyridine rings is 1. The Balaban J connectivity index is 2.16. The van der Waals surface area contributed by atoms with Gasteiger partial charge in [0, 0.05) is 15.0 Å². The summed E-state index contributed by atoms with van der Waals surface area (Å²) in [7, 11) is 0. The Morgan fingerprint density at radius 1 is 1.11 bits per heavy atom. The van der Waals surface area contributed by atoms with Crippen LogP contribution < -0.4 is 5.32 Å². The van der Waals surface area contributed by atoms with Crippen molar-refractivity contribution in [3.8, 4) is 0 Å². The van der Waals surface area contributed by atoms with Crippen LogP contribution in [0.1, 0.15) is 18.5 Å². The van der Waals surface area contributed by atoms with Crippen molar-refractivity contribution in [2.45, 2.75) is 13.0 Å². The van der Waals surface area contributed by atoms with Crippen molar-refractivity contribution in [2.75, 3.05) is 5.32 Å². The minimum absolute atomic E-state index is 0.204. The van der Waals surface area contributed by atoms with Crippen molar-refractivity contribution in [1.82, 2.24) is 4.98 Å². The summed E-state index contributed by atoms with van der Waals surface area (Å²) in [4.78, 5) is 4.20. The van der Waals surface area contributed by atoms with E-state index in [2.05, 4.69) is 71.1 Å². The maximum absolute atomic E-state index is 4.20. The predicted molar refractivity (Wildman–Crippen MR) is 85.8 cm³/mol. The lowest BCUT2D eigenvalue weighted by atomic mass is 10.1. The first-order valence-electron chi connectivity index (χ1n) is 5.39. The van der Waals surface area contributed by atoms with Gasteiger partial charge in [0.05, 0.1) is 11.9 Å². The summed E-state index contributed by atoms with van der Waals surface area (Å²) in [6.07, 6.45) is 1.81. The third-order valence-electron chi connectivity index (χ3n) is 2.54. The van der Waals surface area contributed by atoms with Crippen LogP contribution in [0.2, 0.25) is 0 Å². The van der Waals surface area contributed by atoms with E-state index in [9.17, 15) is 0 Å². The van der Waals surface area contributed by atoms with Gasteiger partial charge in [-0.2, -0.15) is 0 Å². The fourth-order valence-corrected chi connectivity index (χ4v) is 3.27. The zero-order valence-corrected chi connectivity index (χ0v) is 14.4. The van der Waals surface area contributed by atoms with Crippen LogP contribution in [0.3, 0.4) is 0 Å². The maximum Gasteiger partial charge on any atom is 0.106 e. The lowest BCUT2D eigenvalue weighted by molar-refractivity contribution is 0.876. The van der Waals surface area contributed by atoms with Crippen LogP contribution in [0, 0.1) is 0 Å². The molecule has 1 atom stereocenters. The van der Waals surface area contributed by atoms with Crippen molar-refractivity contribution in [3.63, 3.8) is 0 Å². The van der Waals surface area contributed by atoms with Gasteiger partial charge < -0.3 is 5.32 Å². The molecule has 0 saturated heterocycles. The SMILES string of the molecule is CC(Nc1ccc(Br)nc1)c1ccc(Br)cc1Br. The summed E-state index contributed by atoms with van der Waals surface area (Å²) in [6, 6.07) is 10.3. The van der Waals surface area contributed by atoms with Crippen molar-refractivity contribution in [3.05, 3.63) is 55.6 Å². The minimum atomic E-state index is 0.204. The van der Waals surface area contributed by atoms with Crippen LogP contribution in [0.15, 0.2) is 50.1 Å². The molecule has 0 spiro atoms. The molecule has 2 aromatic rings. The first kappa shape index (κ1) is 14.0. The lowest BCUT2D eigenvalue weighted by Crippen LogP contribution is -2.07. The van der Waals surface area contributed by atoms with Gasteiger partial charge in [0.25, 0.3) is 0 Å². The minimum Gasteiger partial charge on any atom is -0.377 e. The summed E-state index contributed by atoms with van der Waals surface area (Å²) in [5.74, 6) is 0. The molecule has 1 heterocycles. The van der Waals surface area contributed by atoms with E-state index in [0.717, 1.165) is 19.2 Å². The van der Waals surface area contributed by atoms with Crippen LogP contribution in [-0.4, -0.2) is 4.98 Å². The molecule has 1 aromatic heterocycles. The fraction of sp³-hybridized carbons (Fsp3) is 0.154. The molecule has 2 nitrogen and oxygen atoms in total. The number of anilines is 1. The van der Waals surface area contributed by atoms with Crippen molar-refractivity contribution >= 4 is 53.5 Å². The largest absolute Gasteiger partial charge is 0.377 e. The molecule has 18 heavy (non-hydrogen) atoms. The van der Waals surface area contributed by atoms with Crippen molar-refractivity contribution < 1.29 is 0 Å². The van der Waals surface area contributed by atoms with Gasteiger partial charge in [0.1, 0.15) is 4.60 Å². The van der Waals surface area contributed by atoms with Gasteiger partial charge in [-0.15, -0.1) is 0 Å².